The molecule has 19 heavy (non-hydrogen) atoms. The first kappa shape index (κ1) is 13.8. The average molecular weight is 276 g/mol. The molecule has 0 radical (unpaired) electrons. The van der Waals surface area contributed by atoms with Crippen LogP contribution in [0.2, 0.25) is 0 Å². The van der Waals surface area contributed by atoms with Crippen molar-refractivity contribution in [2.75, 3.05) is 12.3 Å². The molecule has 0 unspecified atom stereocenters. The zero-order valence-electron chi connectivity index (χ0n) is 10.4. The fraction of sp³-hybridized carbons (Fsp3) is 0.286. The Morgan fingerprint density at radius 3 is 2.84 bits per heavy atom. The molecule has 5 heteroatoms. The molecule has 2 aromatic rings. The number of benzene rings is 1. The number of nitrogens with zero attached hydrogens (tertiary/aromatic N) is 1. The number of carbonyl (C=O) groups is 1. The van der Waals surface area contributed by atoms with Gasteiger partial charge in [0.25, 0.3) is 0 Å². The molecule has 4 nitrogen and oxygen atoms in total. The Morgan fingerprint density at radius 2 is 2.11 bits per heavy atom. The van der Waals surface area contributed by atoms with Gasteiger partial charge in [-0.05, 0) is 12.1 Å². The fourth-order valence-corrected chi connectivity index (χ4v) is 2.14. The van der Waals surface area contributed by atoms with Crippen molar-refractivity contribution in [2.24, 2.45) is 0 Å². The van der Waals surface area contributed by atoms with Crippen molar-refractivity contribution in [2.45, 2.75) is 12.5 Å². The van der Waals surface area contributed by atoms with Gasteiger partial charge in [0, 0.05) is 29.8 Å². The maximum Gasteiger partial charge on any atom is 0.321 e. The van der Waals surface area contributed by atoms with Crippen LogP contribution in [0.5, 0.6) is 0 Å². The Balaban J connectivity index is 1.96. The van der Waals surface area contributed by atoms with Gasteiger partial charge >= 0.3 is 5.97 Å². The number of thiol groups is 1. The number of para-hydroxylation sites is 1. The Bertz CT molecular complexity index is 574. The molecule has 100 valence electrons. The summed E-state index contributed by atoms with van der Waals surface area (Å²) in [7, 11) is 0. The van der Waals surface area contributed by atoms with E-state index < -0.39 is 12.0 Å². The highest BCUT2D eigenvalue weighted by Gasteiger charge is 2.13. The van der Waals surface area contributed by atoms with Gasteiger partial charge in [0.1, 0.15) is 6.04 Å². The molecule has 1 aromatic heterocycles. The van der Waals surface area contributed by atoms with Gasteiger partial charge in [0.05, 0.1) is 5.52 Å². The van der Waals surface area contributed by atoms with Crippen LogP contribution in [0.15, 0.2) is 36.4 Å². The summed E-state index contributed by atoms with van der Waals surface area (Å²) in [5, 5.41) is 12.9. The molecule has 0 aliphatic rings. The SMILES string of the molecule is O=C(O)[C@H](CS)NCCc1ccc2ccccc2n1. The lowest BCUT2D eigenvalue weighted by Gasteiger charge is -2.11. The quantitative estimate of drug-likeness (QED) is 0.703. The maximum atomic E-state index is 10.8. The summed E-state index contributed by atoms with van der Waals surface area (Å²) in [5.41, 5.74) is 1.92. The number of aromatic nitrogens is 1. The second-order valence-corrected chi connectivity index (χ2v) is 4.64. The van der Waals surface area contributed by atoms with Crippen LogP contribution in [0.25, 0.3) is 10.9 Å². The molecule has 0 amide bonds. The first-order valence-electron chi connectivity index (χ1n) is 6.12. The topological polar surface area (TPSA) is 62.2 Å². The zero-order chi connectivity index (χ0) is 13.7. The van der Waals surface area contributed by atoms with E-state index in [1.54, 1.807) is 0 Å². The van der Waals surface area contributed by atoms with Gasteiger partial charge in [0.15, 0.2) is 0 Å². The predicted octanol–water partition coefficient (Wildman–Crippen LogP) is 1.75. The van der Waals surface area contributed by atoms with Crippen LogP contribution in [0, 0.1) is 0 Å². The van der Waals surface area contributed by atoms with Crippen LogP contribution in [0.1, 0.15) is 5.69 Å². The molecule has 2 rings (SSSR count). The summed E-state index contributed by atoms with van der Waals surface area (Å²) in [6, 6.07) is 11.3. The van der Waals surface area contributed by atoms with Crippen molar-refractivity contribution in [3.8, 4) is 0 Å². The summed E-state index contributed by atoms with van der Waals surface area (Å²) >= 11 is 4.00. The minimum atomic E-state index is -0.874. The average Bonchev–Trinajstić information content (AvgIpc) is 2.43. The lowest BCUT2D eigenvalue weighted by molar-refractivity contribution is -0.138. The Labute approximate surface area is 117 Å². The largest absolute Gasteiger partial charge is 0.480 e. The zero-order valence-corrected chi connectivity index (χ0v) is 11.3. The molecule has 0 saturated heterocycles. The molecule has 2 N–H and O–H groups in total. The summed E-state index contributed by atoms with van der Waals surface area (Å²) in [6.07, 6.45) is 0.697. The van der Waals surface area contributed by atoms with E-state index >= 15 is 0 Å². The molecule has 0 fully saturated rings. The molecule has 1 heterocycles. The Kier molecular flexibility index (Phi) is 4.76. The van der Waals surface area contributed by atoms with Crippen LogP contribution in [-0.2, 0) is 11.2 Å². The van der Waals surface area contributed by atoms with Gasteiger partial charge in [-0.1, -0.05) is 24.3 Å². The van der Waals surface area contributed by atoms with Crippen molar-refractivity contribution >= 4 is 29.5 Å². The van der Waals surface area contributed by atoms with E-state index in [1.165, 1.54) is 0 Å². The summed E-state index contributed by atoms with van der Waals surface area (Å²) in [5.74, 6) is -0.595. The van der Waals surface area contributed by atoms with Gasteiger partial charge in [-0.15, -0.1) is 0 Å². The van der Waals surface area contributed by atoms with E-state index in [1.807, 2.05) is 36.4 Å². The van der Waals surface area contributed by atoms with Gasteiger partial charge in [0.2, 0.25) is 0 Å². The molecule has 0 aliphatic carbocycles. The van der Waals surface area contributed by atoms with Crippen molar-refractivity contribution < 1.29 is 9.90 Å². The predicted molar refractivity (Wildman–Crippen MR) is 78.7 cm³/mol. The third-order valence-corrected chi connectivity index (χ3v) is 3.27. The molecular weight excluding hydrogens is 260 g/mol. The maximum absolute atomic E-state index is 10.8. The minimum Gasteiger partial charge on any atom is -0.480 e. The molecule has 1 atom stereocenters. The van der Waals surface area contributed by atoms with Crippen LogP contribution >= 0.6 is 12.6 Å². The lowest BCUT2D eigenvalue weighted by Crippen LogP contribution is -2.39. The van der Waals surface area contributed by atoms with Crippen LogP contribution in [-0.4, -0.2) is 34.4 Å². The van der Waals surface area contributed by atoms with Crippen molar-refractivity contribution in [1.29, 1.82) is 0 Å². The third-order valence-electron chi connectivity index (χ3n) is 2.91. The molecular formula is C14H16N2O2S. The second-order valence-electron chi connectivity index (χ2n) is 4.27. The number of carboxylic acid groups (broad SMARTS) is 1. The van der Waals surface area contributed by atoms with Crippen LogP contribution in [0.3, 0.4) is 0 Å². The number of aliphatic carboxylic acids is 1. The summed E-state index contributed by atoms with van der Waals surface area (Å²) < 4.78 is 0. The normalized spacial score (nSPS) is 12.5. The second kappa shape index (κ2) is 6.54. The number of fused-ring (bicyclic) bond motifs is 1. The first-order chi connectivity index (χ1) is 9.20. The smallest absolute Gasteiger partial charge is 0.321 e. The highest BCUT2D eigenvalue weighted by atomic mass is 32.1. The number of hydrogen-bond donors (Lipinski definition) is 3. The van der Waals surface area contributed by atoms with Crippen LogP contribution in [0.4, 0.5) is 0 Å². The van der Waals surface area contributed by atoms with E-state index in [-0.39, 0.29) is 5.75 Å². The number of pyridine rings is 1. The monoisotopic (exact) mass is 276 g/mol. The number of hydrogen-bond acceptors (Lipinski definition) is 4. The van der Waals surface area contributed by atoms with Gasteiger partial charge in [-0.2, -0.15) is 12.6 Å². The van der Waals surface area contributed by atoms with E-state index in [2.05, 4.69) is 22.9 Å². The molecule has 1 aromatic carbocycles. The lowest BCUT2D eigenvalue weighted by atomic mass is 10.2. The van der Waals surface area contributed by atoms with Crippen molar-refractivity contribution in [1.82, 2.24) is 10.3 Å². The Hall–Kier alpha value is -1.59. The number of carboxylic acids is 1. The highest BCUT2D eigenvalue weighted by Crippen LogP contribution is 2.11. The van der Waals surface area contributed by atoms with Gasteiger partial charge < -0.3 is 10.4 Å². The third kappa shape index (κ3) is 3.68. The van der Waals surface area contributed by atoms with E-state index in [0.29, 0.717) is 13.0 Å². The molecule has 0 bridgehead atoms. The molecule has 0 aliphatic heterocycles. The molecule has 0 spiro atoms. The highest BCUT2D eigenvalue weighted by molar-refractivity contribution is 7.80. The van der Waals surface area contributed by atoms with Crippen molar-refractivity contribution in [3.05, 3.63) is 42.1 Å². The van der Waals surface area contributed by atoms with E-state index in [9.17, 15) is 4.79 Å². The molecule has 0 saturated carbocycles. The number of rotatable bonds is 6. The minimum absolute atomic E-state index is 0.278. The van der Waals surface area contributed by atoms with E-state index in [0.717, 1.165) is 16.6 Å². The number of nitrogens with one attached hydrogen (secondary N) is 1. The standard InChI is InChI=1S/C14H16N2O2S/c17-14(18)13(9-19)15-8-7-11-6-5-10-3-1-2-4-12(10)16-11/h1-6,13,15,19H,7-9H2,(H,17,18)/t13-/m0/s1. The summed E-state index contributed by atoms with van der Waals surface area (Å²) in [4.78, 5) is 15.4. The van der Waals surface area contributed by atoms with Crippen LogP contribution < -0.4 is 5.32 Å². The Morgan fingerprint density at radius 1 is 1.32 bits per heavy atom. The fourth-order valence-electron chi connectivity index (χ4n) is 1.85. The van der Waals surface area contributed by atoms with Crippen molar-refractivity contribution in [3.63, 3.8) is 0 Å². The van der Waals surface area contributed by atoms with Gasteiger partial charge in [-0.3, -0.25) is 9.78 Å². The summed E-state index contributed by atoms with van der Waals surface area (Å²) in [6.45, 7) is 0.572. The van der Waals surface area contributed by atoms with Gasteiger partial charge in [-0.25, -0.2) is 0 Å². The van der Waals surface area contributed by atoms with E-state index in [4.69, 9.17) is 5.11 Å². The first-order valence-corrected chi connectivity index (χ1v) is 6.75.